The Bertz CT molecular complexity index is 865. The number of quaternary nitrogens is 1. The van der Waals surface area contributed by atoms with Crippen LogP contribution in [-0.2, 0) is 16.1 Å². The van der Waals surface area contributed by atoms with Gasteiger partial charge in [0, 0.05) is 30.0 Å². The van der Waals surface area contributed by atoms with Crippen molar-refractivity contribution in [3.8, 4) is 11.5 Å². The maximum absolute atomic E-state index is 12.8. The molecule has 7 heteroatoms. The zero-order valence-electron chi connectivity index (χ0n) is 17.6. The van der Waals surface area contributed by atoms with E-state index in [1.165, 1.54) is 0 Å². The molecule has 2 aliphatic rings. The average molecular weight is 413 g/mol. The van der Waals surface area contributed by atoms with Crippen LogP contribution in [0, 0.1) is 0 Å². The van der Waals surface area contributed by atoms with E-state index in [4.69, 9.17) is 14.2 Å². The van der Waals surface area contributed by atoms with Crippen LogP contribution in [0.3, 0.4) is 0 Å². The second-order valence-electron chi connectivity index (χ2n) is 7.86. The van der Waals surface area contributed by atoms with E-state index in [0.29, 0.717) is 13.2 Å². The normalized spacial score (nSPS) is 17.9. The summed E-state index contributed by atoms with van der Waals surface area (Å²) < 4.78 is 16.6. The summed E-state index contributed by atoms with van der Waals surface area (Å²) in [6.45, 7) is 7.15. The number of likely N-dealkylation sites (N-methyl/N-ethyl adjacent to an activating group) is 1. The number of nitrogens with zero attached hydrogens (tertiary/aromatic N) is 1. The Balaban J connectivity index is 1.32. The number of carbonyl (C=O) groups excluding carboxylic acids is 1. The van der Waals surface area contributed by atoms with Crippen molar-refractivity contribution in [2.24, 2.45) is 0 Å². The number of ether oxygens (including phenoxy) is 3. The summed E-state index contributed by atoms with van der Waals surface area (Å²) in [4.78, 5) is 16.2. The third-order valence-corrected chi connectivity index (χ3v) is 5.73. The molecule has 1 unspecified atom stereocenters. The molecule has 2 aromatic rings. The van der Waals surface area contributed by atoms with Gasteiger partial charge < -0.3 is 29.3 Å². The van der Waals surface area contributed by atoms with Crippen LogP contribution in [0.5, 0.6) is 11.5 Å². The highest BCUT2D eigenvalue weighted by atomic mass is 16.6. The first-order chi connectivity index (χ1) is 14.6. The molecule has 30 heavy (non-hydrogen) atoms. The monoisotopic (exact) mass is 412 g/mol. The number of carbonyl (C=O) groups is 1. The first-order valence-corrected chi connectivity index (χ1v) is 10.5. The van der Waals surface area contributed by atoms with Crippen LogP contribution in [0.1, 0.15) is 12.5 Å². The molecule has 2 atom stereocenters. The minimum absolute atomic E-state index is 0.00386. The molecule has 0 aromatic heterocycles. The summed E-state index contributed by atoms with van der Waals surface area (Å²) in [5.74, 6) is 1.57. The highest BCUT2D eigenvalue weighted by Crippen LogP contribution is 2.30. The summed E-state index contributed by atoms with van der Waals surface area (Å²) in [5.41, 5.74) is 3.09. The fourth-order valence-corrected chi connectivity index (χ4v) is 3.72. The zero-order chi connectivity index (χ0) is 20.9. The number of amides is 1. The molecular formula is C23H30N3O4+. The van der Waals surface area contributed by atoms with Crippen molar-refractivity contribution in [3.63, 3.8) is 0 Å². The second kappa shape index (κ2) is 9.36. The summed E-state index contributed by atoms with van der Waals surface area (Å²) in [6, 6.07) is 13.8. The molecule has 2 heterocycles. The van der Waals surface area contributed by atoms with Crippen LogP contribution >= 0.6 is 0 Å². The molecule has 4 rings (SSSR count). The molecule has 0 radical (unpaired) electrons. The molecule has 160 valence electrons. The minimum atomic E-state index is -0.197. The lowest BCUT2D eigenvalue weighted by molar-refractivity contribution is -0.907. The van der Waals surface area contributed by atoms with Gasteiger partial charge in [-0.3, -0.25) is 4.79 Å². The smallest absolute Gasteiger partial charge is 0.282 e. The third kappa shape index (κ3) is 4.86. The molecule has 7 nitrogen and oxygen atoms in total. The van der Waals surface area contributed by atoms with Crippen molar-refractivity contribution < 1.29 is 23.9 Å². The molecule has 2 aromatic carbocycles. The van der Waals surface area contributed by atoms with Crippen molar-refractivity contribution >= 4 is 17.3 Å². The SMILES string of the molecule is C[C@@H](C(=O)Nc1ccc(N2CCOCC2)cc1)[NH+](C)Cc1ccc2c(c1)OCCO2. The van der Waals surface area contributed by atoms with Gasteiger partial charge in [-0.05, 0) is 49.4 Å². The van der Waals surface area contributed by atoms with Crippen LogP contribution in [-0.4, -0.2) is 58.5 Å². The highest BCUT2D eigenvalue weighted by molar-refractivity contribution is 5.93. The first-order valence-electron chi connectivity index (χ1n) is 10.5. The van der Waals surface area contributed by atoms with Crippen LogP contribution in [0.2, 0.25) is 0 Å². The highest BCUT2D eigenvalue weighted by Gasteiger charge is 2.23. The van der Waals surface area contributed by atoms with E-state index in [1.807, 2.05) is 44.3 Å². The maximum atomic E-state index is 12.8. The van der Waals surface area contributed by atoms with Gasteiger partial charge in [-0.1, -0.05) is 0 Å². The lowest BCUT2D eigenvalue weighted by Crippen LogP contribution is -3.12. The van der Waals surface area contributed by atoms with Gasteiger partial charge >= 0.3 is 0 Å². The molecular weight excluding hydrogens is 382 g/mol. The number of hydrogen-bond acceptors (Lipinski definition) is 5. The Labute approximate surface area is 177 Å². The van der Waals surface area contributed by atoms with Crippen molar-refractivity contribution in [3.05, 3.63) is 48.0 Å². The Morgan fingerprint density at radius 1 is 1.03 bits per heavy atom. The van der Waals surface area contributed by atoms with Crippen molar-refractivity contribution in [2.45, 2.75) is 19.5 Å². The molecule has 0 spiro atoms. The largest absolute Gasteiger partial charge is 0.486 e. The lowest BCUT2D eigenvalue weighted by Gasteiger charge is -2.29. The number of morpholine rings is 1. The molecule has 1 amide bonds. The van der Waals surface area contributed by atoms with E-state index in [0.717, 1.165) is 66.2 Å². The van der Waals surface area contributed by atoms with Gasteiger partial charge in [-0.25, -0.2) is 0 Å². The average Bonchev–Trinajstić information content (AvgIpc) is 2.79. The number of benzene rings is 2. The number of rotatable bonds is 6. The molecule has 1 fully saturated rings. The first kappa shape index (κ1) is 20.5. The summed E-state index contributed by atoms with van der Waals surface area (Å²) in [5, 5.41) is 3.04. The van der Waals surface area contributed by atoms with Crippen LogP contribution in [0.15, 0.2) is 42.5 Å². The van der Waals surface area contributed by atoms with Crippen LogP contribution in [0.25, 0.3) is 0 Å². The van der Waals surface area contributed by atoms with Crippen molar-refractivity contribution in [1.29, 1.82) is 0 Å². The molecule has 0 bridgehead atoms. The lowest BCUT2D eigenvalue weighted by atomic mass is 10.1. The Morgan fingerprint density at radius 2 is 1.73 bits per heavy atom. The van der Waals surface area contributed by atoms with E-state index < -0.39 is 0 Å². The summed E-state index contributed by atoms with van der Waals surface area (Å²) in [6.07, 6.45) is 0. The van der Waals surface area contributed by atoms with Crippen molar-refractivity contribution in [1.82, 2.24) is 0 Å². The van der Waals surface area contributed by atoms with Crippen LogP contribution in [0.4, 0.5) is 11.4 Å². The Kier molecular flexibility index (Phi) is 6.40. The topological polar surface area (TPSA) is 64.5 Å². The third-order valence-electron chi connectivity index (χ3n) is 5.73. The number of anilines is 2. The number of hydrogen-bond donors (Lipinski definition) is 2. The van der Waals surface area contributed by atoms with E-state index in [9.17, 15) is 4.79 Å². The molecule has 2 N–H and O–H groups in total. The van der Waals surface area contributed by atoms with E-state index in [2.05, 4.69) is 22.3 Å². The van der Waals surface area contributed by atoms with Gasteiger partial charge in [0.25, 0.3) is 5.91 Å². The predicted octanol–water partition coefficient (Wildman–Crippen LogP) is 1.34. The Hall–Kier alpha value is -2.77. The van der Waals surface area contributed by atoms with Gasteiger partial charge in [0.2, 0.25) is 0 Å². The van der Waals surface area contributed by atoms with Gasteiger partial charge in [-0.15, -0.1) is 0 Å². The second-order valence-corrected chi connectivity index (χ2v) is 7.86. The van der Waals surface area contributed by atoms with Gasteiger partial charge in [0.1, 0.15) is 19.8 Å². The molecule has 2 aliphatic heterocycles. The maximum Gasteiger partial charge on any atom is 0.282 e. The van der Waals surface area contributed by atoms with Crippen LogP contribution < -0.4 is 24.6 Å². The number of nitrogens with one attached hydrogen (secondary N) is 2. The van der Waals surface area contributed by atoms with E-state index in [-0.39, 0.29) is 11.9 Å². The molecule has 0 aliphatic carbocycles. The van der Waals surface area contributed by atoms with E-state index in [1.54, 1.807) is 0 Å². The minimum Gasteiger partial charge on any atom is -0.486 e. The Morgan fingerprint density at radius 3 is 2.47 bits per heavy atom. The zero-order valence-corrected chi connectivity index (χ0v) is 17.6. The standard InChI is InChI=1S/C23H29N3O4/c1-17(25(2)16-18-3-8-21-22(15-18)30-14-13-29-21)23(27)24-19-4-6-20(7-5-19)26-9-11-28-12-10-26/h3-8,15,17H,9-14,16H2,1-2H3,(H,24,27)/p+1/t17-/m0/s1. The van der Waals surface area contributed by atoms with Gasteiger partial charge in [-0.2, -0.15) is 0 Å². The summed E-state index contributed by atoms with van der Waals surface area (Å²) in [7, 11) is 2.03. The fourth-order valence-electron chi connectivity index (χ4n) is 3.72. The van der Waals surface area contributed by atoms with Gasteiger partial charge in [0.15, 0.2) is 17.5 Å². The van der Waals surface area contributed by atoms with Crippen molar-refractivity contribution in [2.75, 3.05) is 56.8 Å². The predicted molar refractivity (Wildman–Crippen MR) is 116 cm³/mol. The molecule has 0 saturated carbocycles. The summed E-state index contributed by atoms with van der Waals surface area (Å²) >= 11 is 0. The molecule has 1 saturated heterocycles. The van der Waals surface area contributed by atoms with E-state index >= 15 is 0 Å². The quantitative estimate of drug-likeness (QED) is 0.750. The number of fused-ring (bicyclic) bond motifs is 1. The fraction of sp³-hybridized carbons (Fsp3) is 0.435. The van der Waals surface area contributed by atoms with Gasteiger partial charge in [0.05, 0.1) is 20.3 Å².